The molecule has 0 unspecified atom stereocenters. The molecule has 0 spiro atoms. The molecule has 4 rings (SSSR count). The van der Waals surface area contributed by atoms with Crippen LogP contribution in [0.4, 0.5) is 11.5 Å². The molecule has 32 heavy (non-hydrogen) atoms. The van der Waals surface area contributed by atoms with Crippen LogP contribution in [-0.4, -0.2) is 37.6 Å². The van der Waals surface area contributed by atoms with E-state index in [0.29, 0.717) is 36.6 Å². The third-order valence-electron chi connectivity index (χ3n) is 5.43. The molecular formula is C22H22ClN5O3S. The van der Waals surface area contributed by atoms with Gasteiger partial charge in [-0.3, -0.25) is 4.79 Å². The average Bonchev–Trinajstić information content (AvgIpc) is 2.80. The molecule has 1 aliphatic rings. The number of nitrogens with one attached hydrogen (secondary N) is 1. The minimum absolute atomic E-state index is 0.00648. The van der Waals surface area contributed by atoms with Crippen molar-refractivity contribution in [3.05, 3.63) is 65.7 Å². The second-order valence-corrected chi connectivity index (χ2v) is 9.60. The van der Waals surface area contributed by atoms with Gasteiger partial charge in [-0.2, -0.15) is 0 Å². The molecule has 2 heterocycles. The lowest BCUT2D eigenvalue weighted by Gasteiger charge is -2.31. The van der Waals surface area contributed by atoms with Gasteiger partial charge in [0.15, 0.2) is 5.82 Å². The van der Waals surface area contributed by atoms with Gasteiger partial charge < -0.3 is 10.2 Å². The van der Waals surface area contributed by atoms with Gasteiger partial charge in [-0.05, 0) is 61.4 Å². The van der Waals surface area contributed by atoms with Crippen molar-refractivity contribution < 1.29 is 13.2 Å². The SMILES string of the molecule is NS(=O)(=O)c1ccc(NC(=O)C2CCN(c3ccc(-c4ccc(Cl)cc4)nn3)CC2)cc1. The van der Waals surface area contributed by atoms with E-state index in [1.807, 2.05) is 36.4 Å². The molecule has 0 bridgehead atoms. The van der Waals surface area contributed by atoms with Crippen LogP contribution in [0.5, 0.6) is 0 Å². The molecule has 0 atom stereocenters. The number of nitrogens with zero attached hydrogens (tertiary/aromatic N) is 3. The van der Waals surface area contributed by atoms with E-state index in [0.717, 1.165) is 17.1 Å². The van der Waals surface area contributed by atoms with Crippen LogP contribution in [-0.2, 0) is 14.8 Å². The molecule has 1 aromatic heterocycles. The van der Waals surface area contributed by atoms with E-state index in [4.69, 9.17) is 16.7 Å². The first-order valence-electron chi connectivity index (χ1n) is 10.1. The molecule has 0 radical (unpaired) electrons. The summed E-state index contributed by atoms with van der Waals surface area (Å²) in [5, 5.41) is 17.3. The molecule has 1 saturated heterocycles. The van der Waals surface area contributed by atoms with Crippen LogP contribution in [0.3, 0.4) is 0 Å². The highest BCUT2D eigenvalue weighted by atomic mass is 35.5. The highest BCUT2D eigenvalue weighted by molar-refractivity contribution is 7.89. The number of hydrogen-bond acceptors (Lipinski definition) is 6. The zero-order chi connectivity index (χ0) is 22.7. The Morgan fingerprint density at radius 1 is 0.969 bits per heavy atom. The summed E-state index contributed by atoms with van der Waals surface area (Å²) in [7, 11) is -3.76. The monoisotopic (exact) mass is 471 g/mol. The van der Waals surface area contributed by atoms with Gasteiger partial charge in [0.05, 0.1) is 10.6 Å². The topological polar surface area (TPSA) is 118 Å². The van der Waals surface area contributed by atoms with E-state index in [-0.39, 0.29) is 16.7 Å². The fourth-order valence-corrected chi connectivity index (χ4v) is 4.25. The maximum absolute atomic E-state index is 12.6. The molecule has 0 saturated carbocycles. The predicted molar refractivity (Wildman–Crippen MR) is 124 cm³/mol. The predicted octanol–water partition coefficient (Wildman–Crippen LogP) is 3.30. The zero-order valence-electron chi connectivity index (χ0n) is 17.1. The van der Waals surface area contributed by atoms with Crippen LogP contribution < -0.4 is 15.4 Å². The summed E-state index contributed by atoms with van der Waals surface area (Å²) >= 11 is 5.93. The lowest BCUT2D eigenvalue weighted by atomic mass is 9.96. The van der Waals surface area contributed by atoms with Crippen molar-refractivity contribution in [2.45, 2.75) is 17.7 Å². The smallest absolute Gasteiger partial charge is 0.238 e. The third-order valence-corrected chi connectivity index (χ3v) is 6.61. The number of nitrogens with two attached hydrogens (primary N) is 1. The number of carbonyl (C=O) groups is 1. The van der Waals surface area contributed by atoms with Gasteiger partial charge in [0.2, 0.25) is 15.9 Å². The van der Waals surface area contributed by atoms with Crippen molar-refractivity contribution in [1.29, 1.82) is 0 Å². The normalized spacial score (nSPS) is 14.9. The summed E-state index contributed by atoms with van der Waals surface area (Å²) in [6.45, 7) is 1.38. The molecule has 8 nitrogen and oxygen atoms in total. The number of hydrogen-bond donors (Lipinski definition) is 2. The fourth-order valence-electron chi connectivity index (χ4n) is 3.61. The van der Waals surface area contributed by atoms with Crippen molar-refractivity contribution in [2.75, 3.05) is 23.3 Å². The van der Waals surface area contributed by atoms with Gasteiger partial charge >= 0.3 is 0 Å². The summed E-state index contributed by atoms with van der Waals surface area (Å²) in [4.78, 5) is 14.7. The lowest BCUT2D eigenvalue weighted by molar-refractivity contribution is -0.120. The van der Waals surface area contributed by atoms with E-state index in [1.165, 1.54) is 24.3 Å². The summed E-state index contributed by atoms with van der Waals surface area (Å²) in [6, 6.07) is 17.1. The molecule has 2 aromatic carbocycles. The van der Waals surface area contributed by atoms with E-state index < -0.39 is 10.0 Å². The third kappa shape index (κ3) is 5.24. The van der Waals surface area contributed by atoms with Gasteiger partial charge in [0.1, 0.15) is 0 Å². The Hall–Kier alpha value is -3.01. The molecule has 166 valence electrons. The van der Waals surface area contributed by atoms with Gasteiger partial charge in [-0.25, -0.2) is 13.6 Å². The van der Waals surface area contributed by atoms with Crippen molar-refractivity contribution in [2.24, 2.45) is 11.1 Å². The molecule has 1 aliphatic heterocycles. The summed E-state index contributed by atoms with van der Waals surface area (Å²) in [6.07, 6.45) is 1.36. The molecule has 3 aromatic rings. The Morgan fingerprint density at radius 2 is 1.62 bits per heavy atom. The number of rotatable bonds is 5. The van der Waals surface area contributed by atoms with E-state index in [1.54, 1.807) is 0 Å². The number of primary sulfonamides is 1. The minimum Gasteiger partial charge on any atom is -0.355 e. The lowest BCUT2D eigenvalue weighted by Crippen LogP contribution is -2.38. The van der Waals surface area contributed by atoms with Gasteiger partial charge in [-0.1, -0.05) is 23.7 Å². The summed E-state index contributed by atoms with van der Waals surface area (Å²) in [5.41, 5.74) is 2.25. The van der Waals surface area contributed by atoms with Crippen LogP contribution in [0.25, 0.3) is 11.3 Å². The Kier molecular flexibility index (Phi) is 6.40. The number of sulfonamides is 1. The quantitative estimate of drug-likeness (QED) is 0.589. The Morgan fingerprint density at radius 3 is 2.19 bits per heavy atom. The van der Waals surface area contributed by atoms with Gasteiger partial charge in [-0.15, -0.1) is 10.2 Å². The number of anilines is 2. The van der Waals surface area contributed by atoms with Crippen LogP contribution in [0.2, 0.25) is 5.02 Å². The average molecular weight is 472 g/mol. The van der Waals surface area contributed by atoms with Gasteiger partial charge in [0.25, 0.3) is 0 Å². The number of benzene rings is 2. The first-order chi connectivity index (χ1) is 15.3. The number of amides is 1. The van der Waals surface area contributed by atoms with Crippen LogP contribution in [0.1, 0.15) is 12.8 Å². The van der Waals surface area contributed by atoms with E-state index in [2.05, 4.69) is 20.4 Å². The first kappa shape index (κ1) is 22.2. The summed E-state index contributed by atoms with van der Waals surface area (Å²) < 4.78 is 22.7. The van der Waals surface area contributed by atoms with Crippen molar-refractivity contribution >= 4 is 39.0 Å². The molecule has 0 aliphatic carbocycles. The zero-order valence-corrected chi connectivity index (χ0v) is 18.7. The number of piperidine rings is 1. The van der Waals surface area contributed by atoms with Crippen LogP contribution in [0, 0.1) is 5.92 Å². The molecular weight excluding hydrogens is 450 g/mol. The molecule has 1 amide bonds. The first-order valence-corrected chi connectivity index (χ1v) is 12.0. The fraction of sp³-hybridized carbons (Fsp3) is 0.227. The highest BCUT2D eigenvalue weighted by Crippen LogP contribution is 2.25. The van der Waals surface area contributed by atoms with E-state index >= 15 is 0 Å². The van der Waals surface area contributed by atoms with Crippen LogP contribution >= 0.6 is 11.6 Å². The number of aromatic nitrogens is 2. The Bertz CT molecular complexity index is 1190. The van der Waals surface area contributed by atoms with Gasteiger partial charge in [0, 0.05) is 35.3 Å². The Labute approximate surface area is 191 Å². The van der Waals surface area contributed by atoms with Crippen molar-refractivity contribution in [3.63, 3.8) is 0 Å². The number of carbonyl (C=O) groups excluding carboxylic acids is 1. The van der Waals surface area contributed by atoms with Crippen LogP contribution in [0.15, 0.2) is 65.6 Å². The molecule has 3 N–H and O–H groups in total. The maximum Gasteiger partial charge on any atom is 0.238 e. The largest absolute Gasteiger partial charge is 0.355 e. The molecule has 1 fully saturated rings. The second-order valence-electron chi connectivity index (χ2n) is 7.60. The van der Waals surface area contributed by atoms with Crippen molar-refractivity contribution in [3.8, 4) is 11.3 Å². The Balaban J connectivity index is 1.32. The highest BCUT2D eigenvalue weighted by Gasteiger charge is 2.26. The number of halogens is 1. The standard InChI is InChI=1S/C22H22ClN5O3S/c23-17-3-1-15(2-4-17)20-9-10-21(27-26-20)28-13-11-16(12-14-28)22(29)25-18-5-7-19(8-6-18)32(24,30)31/h1-10,16H,11-14H2,(H,25,29)(H2,24,30,31). The van der Waals surface area contributed by atoms with Crippen molar-refractivity contribution in [1.82, 2.24) is 10.2 Å². The summed E-state index contributed by atoms with van der Waals surface area (Å²) in [5.74, 6) is 0.558. The maximum atomic E-state index is 12.6. The molecule has 10 heteroatoms. The van der Waals surface area contributed by atoms with E-state index in [9.17, 15) is 13.2 Å². The minimum atomic E-state index is -3.76. The second kappa shape index (κ2) is 9.23.